The van der Waals surface area contributed by atoms with Crippen LogP contribution in [0.2, 0.25) is 0 Å². The molecule has 0 N–H and O–H groups in total. The number of carbonyl (C=O) groups excluding carboxylic acids is 2. The van der Waals surface area contributed by atoms with Gasteiger partial charge < -0.3 is 9.64 Å². The number of hydrogen-bond acceptors (Lipinski definition) is 4. The molecule has 0 fully saturated rings. The highest BCUT2D eigenvalue weighted by Crippen LogP contribution is 2.22. The number of pyridine rings is 1. The van der Waals surface area contributed by atoms with Crippen LogP contribution in [0.5, 0.6) is 0 Å². The molecule has 0 atom stereocenters. The van der Waals surface area contributed by atoms with Gasteiger partial charge in [-0.05, 0) is 29.7 Å². The molecule has 0 saturated heterocycles. The Kier molecular flexibility index (Phi) is 5.15. The lowest BCUT2D eigenvalue weighted by atomic mass is 10.00. The van der Waals surface area contributed by atoms with Crippen molar-refractivity contribution in [2.75, 3.05) is 19.7 Å². The van der Waals surface area contributed by atoms with E-state index in [4.69, 9.17) is 4.74 Å². The van der Waals surface area contributed by atoms with Crippen LogP contribution in [0.1, 0.15) is 22.5 Å². The fourth-order valence-corrected chi connectivity index (χ4v) is 3.28. The number of rotatable bonds is 4. The minimum Gasteiger partial charge on any atom is -0.451 e. The first-order chi connectivity index (χ1) is 13.7. The van der Waals surface area contributed by atoms with Crippen molar-refractivity contribution in [3.05, 3.63) is 84.1 Å². The van der Waals surface area contributed by atoms with Crippen molar-refractivity contribution < 1.29 is 14.3 Å². The van der Waals surface area contributed by atoms with Gasteiger partial charge in [-0.15, -0.1) is 0 Å². The minimum absolute atomic E-state index is 0.197. The Bertz CT molecular complexity index is 1040. The van der Waals surface area contributed by atoms with E-state index in [9.17, 15) is 9.59 Å². The number of para-hydroxylation sites is 1. The zero-order valence-corrected chi connectivity index (χ0v) is 15.4. The normalized spacial score (nSPS) is 13.9. The van der Waals surface area contributed by atoms with Crippen LogP contribution in [0.4, 0.5) is 0 Å². The van der Waals surface area contributed by atoms with E-state index < -0.39 is 5.97 Å². The summed E-state index contributed by atoms with van der Waals surface area (Å²) in [5, 5.41) is 0.949. The molecule has 2 aromatic carbocycles. The lowest BCUT2D eigenvalue weighted by Crippen LogP contribution is -2.37. The van der Waals surface area contributed by atoms with Crippen LogP contribution in [-0.2, 0) is 9.53 Å². The quantitative estimate of drug-likeness (QED) is 0.655. The molecule has 5 heteroatoms. The number of amides is 1. The molecule has 1 amide bonds. The summed E-state index contributed by atoms with van der Waals surface area (Å²) >= 11 is 0. The van der Waals surface area contributed by atoms with Gasteiger partial charge in [0.25, 0.3) is 5.91 Å². The summed E-state index contributed by atoms with van der Waals surface area (Å²) in [6.45, 7) is 0.863. The maximum absolute atomic E-state index is 12.4. The van der Waals surface area contributed by atoms with Gasteiger partial charge in [-0.25, -0.2) is 9.78 Å². The van der Waals surface area contributed by atoms with Gasteiger partial charge in [0, 0.05) is 18.5 Å². The molecule has 0 bridgehead atoms. The Morgan fingerprint density at radius 1 is 0.964 bits per heavy atom. The second-order valence-corrected chi connectivity index (χ2v) is 6.65. The minimum atomic E-state index is -0.586. The SMILES string of the molecule is O=C(OCC(=O)N1CC=C(c2ccccc2)CC1)c1ccc2ccccc2n1. The second kappa shape index (κ2) is 8.05. The molecule has 140 valence electrons. The molecule has 0 spiro atoms. The lowest BCUT2D eigenvalue weighted by Gasteiger charge is -2.26. The smallest absolute Gasteiger partial charge is 0.357 e. The van der Waals surface area contributed by atoms with E-state index in [0.717, 1.165) is 17.3 Å². The monoisotopic (exact) mass is 372 g/mol. The number of ether oxygens (including phenoxy) is 1. The maximum Gasteiger partial charge on any atom is 0.357 e. The number of carbonyl (C=O) groups is 2. The molecule has 0 unspecified atom stereocenters. The van der Waals surface area contributed by atoms with Crippen molar-refractivity contribution in [3.8, 4) is 0 Å². The number of benzene rings is 2. The molecule has 5 nitrogen and oxygen atoms in total. The number of esters is 1. The number of fused-ring (bicyclic) bond motifs is 1. The van der Waals surface area contributed by atoms with E-state index in [1.54, 1.807) is 11.0 Å². The summed E-state index contributed by atoms with van der Waals surface area (Å²) in [6, 6.07) is 21.1. The summed E-state index contributed by atoms with van der Waals surface area (Å²) in [7, 11) is 0. The van der Waals surface area contributed by atoms with Crippen molar-refractivity contribution in [2.24, 2.45) is 0 Å². The van der Waals surface area contributed by atoms with Crippen LogP contribution in [-0.4, -0.2) is 41.5 Å². The molecule has 4 rings (SSSR count). The van der Waals surface area contributed by atoms with Crippen LogP contribution >= 0.6 is 0 Å². The first-order valence-electron chi connectivity index (χ1n) is 9.26. The highest BCUT2D eigenvalue weighted by molar-refractivity contribution is 5.92. The van der Waals surface area contributed by atoms with Gasteiger partial charge in [0.1, 0.15) is 5.69 Å². The molecule has 1 aliphatic rings. The van der Waals surface area contributed by atoms with E-state index in [1.165, 1.54) is 11.1 Å². The molecule has 3 aromatic rings. The van der Waals surface area contributed by atoms with Gasteiger partial charge in [-0.3, -0.25) is 4.79 Å². The van der Waals surface area contributed by atoms with E-state index >= 15 is 0 Å². The largest absolute Gasteiger partial charge is 0.451 e. The average molecular weight is 372 g/mol. The summed E-state index contributed by atoms with van der Waals surface area (Å²) in [6.07, 6.45) is 2.85. The van der Waals surface area contributed by atoms with Crippen molar-refractivity contribution >= 4 is 28.4 Å². The third-order valence-electron chi connectivity index (χ3n) is 4.84. The zero-order valence-electron chi connectivity index (χ0n) is 15.4. The summed E-state index contributed by atoms with van der Waals surface area (Å²) in [5.41, 5.74) is 3.35. The standard InChI is InChI=1S/C23H20N2O3/c26-22(25-14-12-18(13-15-25)17-6-2-1-3-7-17)16-28-23(27)21-11-10-19-8-4-5-9-20(19)24-21/h1-12H,13-16H2. The average Bonchev–Trinajstić information content (AvgIpc) is 2.77. The first kappa shape index (κ1) is 17.9. The highest BCUT2D eigenvalue weighted by Gasteiger charge is 2.20. The second-order valence-electron chi connectivity index (χ2n) is 6.65. The van der Waals surface area contributed by atoms with Crippen molar-refractivity contribution in [2.45, 2.75) is 6.42 Å². The Hall–Kier alpha value is -3.47. The number of nitrogens with zero attached hydrogens (tertiary/aromatic N) is 2. The number of aromatic nitrogens is 1. The van der Waals surface area contributed by atoms with Crippen molar-refractivity contribution in [1.82, 2.24) is 9.88 Å². The maximum atomic E-state index is 12.4. The van der Waals surface area contributed by atoms with Crippen molar-refractivity contribution in [1.29, 1.82) is 0 Å². The predicted molar refractivity (Wildman–Crippen MR) is 108 cm³/mol. The molecule has 0 aliphatic carbocycles. The highest BCUT2D eigenvalue weighted by atomic mass is 16.5. The molecular formula is C23H20N2O3. The van der Waals surface area contributed by atoms with Crippen LogP contribution in [0.3, 0.4) is 0 Å². The molecule has 2 heterocycles. The Balaban J connectivity index is 1.34. The van der Waals surface area contributed by atoms with Gasteiger partial charge in [-0.1, -0.05) is 60.7 Å². The molecule has 0 radical (unpaired) electrons. The fraction of sp³-hybridized carbons (Fsp3) is 0.174. The summed E-state index contributed by atoms with van der Waals surface area (Å²) < 4.78 is 5.19. The molecule has 1 aliphatic heterocycles. The van der Waals surface area contributed by atoms with Gasteiger partial charge in [0.2, 0.25) is 0 Å². The molecular weight excluding hydrogens is 352 g/mol. The third-order valence-corrected chi connectivity index (χ3v) is 4.84. The fourth-order valence-electron chi connectivity index (χ4n) is 3.28. The van der Waals surface area contributed by atoms with Gasteiger partial charge in [-0.2, -0.15) is 0 Å². The predicted octanol–water partition coefficient (Wildman–Crippen LogP) is 3.71. The third kappa shape index (κ3) is 3.93. The van der Waals surface area contributed by atoms with E-state index in [2.05, 4.69) is 23.2 Å². The van der Waals surface area contributed by atoms with E-state index in [0.29, 0.717) is 13.1 Å². The Morgan fingerprint density at radius 3 is 2.54 bits per heavy atom. The first-order valence-corrected chi connectivity index (χ1v) is 9.26. The topological polar surface area (TPSA) is 59.5 Å². The zero-order chi connectivity index (χ0) is 19.3. The van der Waals surface area contributed by atoms with E-state index in [-0.39, 0.29) is 18.2 Å². The van der Waals surface area contributed by atoms with Crippen LogP contribution in [0, 0.1) is 0 Å². The van der Waals surface area contributed by atoms with Crippen LogP contribution in [0.25, 0.3) is 16.5 Å². The van der Waals surface area contributed by atoms with Gasteiger partial charge >= 0.3 is 5.97 Å². The van der Waals surface area contributed by atoms with Crippen LogP contribution < -0.4 is 0 Å². The van der Waals surface area contributed by atoms with Crippen molar-refractivity contribution in [3.63, 3.8) is 0 Å². The molecule has 28 heavy (non-hydrogen) atoms. The molecule has 1 aromatic heterocycles. The summed E-state index contributed by atoms with van der Waals surface area (Å²) in [4.78, 5) is 30.6. The molecule has 0 saturated carbocycles. The Labute approximate surface area is 163 Å². The Morgan fingerprint density at radius 2 is 1.75 bits per heavy atom. The van der Waals surface area contributed by atoms with E-state index in [1.807, 2.05) is 48.5 Å². The van der Waals surface area contributed by atoms with Crippen LogP contribution in [0.15, 0.2) is 72.8 Å². The number of hydrogen-bond donors (Lipinski definition) is 0. The van der Waals surface area contributed by atoms with Gasteiger partial charge in [0.05, 0.1) is 5.52 Å². The van der Waals surface area contributed by atoms with Gasteiger partial charge in [0.15, 0.2) is 6.61 Å². The summed E-state index contributed by atoms with van der Waals surface area (Å²) in [5.74, 6) is -0.783. The lowest BCUT2D eigenvalue weighted by molar-refractivity contribution is -0.134.